The van der Waals surface area contributed by atoms with Gasteiger partial charge in [-0.25, -0.2) is 0 Å². The summed E-state index contributed by atoms with van der Waals surface area (Å²) in [6, 6.07) is 8.62. The van der Waals surface area contributed by atoms with Crippen LogP contribution in [0.5, 0.6) is 11.5 Å². The number of methoxy groups -OCH3 is 1. The van der Waals surface area contributed by atoms with Gasteiger partial charge in [-0.1, -0.05) is 23.8 Å². The highest BCUT2D eigenvalue weighted by Gasteiger charge is 2.27. The van der Waals surface area contributed by atoms with Crippen molar-refractivity contribution in [3.8, 4) is 22.6 Å². The number of aliphatic hydroxyl groups is 1. The molecule has 0 saturated heterocycles. The molecule has 6 heteroatoms. The Bertz CT molecular complexity index is 1390. The van der Waals surface area contributed by atoms with Gasteiger partial charge in [-0.2, -0.15) is 0 Å². The Hall–Kier alpha value is -3.51. The molecule has 4 rings (SSSR count). The highest BCUT2D eigenvalue weighted by molar-refractivity contribution is 6.05. The van der Waals surface area contributed by atoms with Crippen molar-refractivity contribution in [1.29, 1.82) is 0 Å². The van der Waals surface area contributed by atoms with E-state index in [-0.39, 0.29) is 22.1 Å². The van der Waals surface area contributed by atoms with Crippen molar-refractivity contribution in [3.63, 3.8) is 0 Å². The fourth-order valence-corrected chi connectivity index (χ4v) is 3.70. The molecule has 0 aliphatic carbocycles. The van der Waals surface area contributed by atoms with E-state index in [1.165, 1.54) is 6.26 Å². The first kappa shape index (κ1) is 21.7. The van der Waals surface area contributed by atoms with E-state index in [4.69, 9.17) is 13.6 Å². The summed E-state index contributed by atoms with van der Waals surface area (Å²) in [5.41, 5.74) is 1.77. The van der Waals surface area contributed by atoms with Crippen molar-refractivity contribution in [2.45, 2.75) is 39.7 Å². The molecule has 0 unspecified atom stereocenters. The lowest BCUT2D eigenvalue weighted by Gasteiger charge is -2.12. The number of rotatable bonds is 5. The Balaban J connectivity index is 2.06. The lowest BCUT2D eigenvalue weighted by molar-refractivity contribution is 0.0558. The number of benzene rings is 2. The molecule has 0 fully saturated rings. The van der Waals surface area contributed by atoms with Gasteiger partial charge in [0.05, 0.1) is 18.1 Å². The molecule has 0 saturated carbocycles. The van der Waals surface area contributed by atoms with Gasteiger partial charge in [0, 0.05) is 5.56 Å². The second-order valence-corrected chi connectivity index (χ2v) is 8.64. The molecule has 0 aliphatic rings. The Kier molecular flexibility index (Phi) is 5.34. The predicted octanol–water partition coefficient (Wildman–Crippen LogP) is 5.66. The Morgan fingerprint density at radius 3 is 2.44 bits per heavy atom. The average Bonchev–Trinajstić information content (AvgIpc) is 3.20. The zero-order chi connectivity index (χ0) is 23.2. The van der Waals surface area contributed by atoms with Crippen molar-refractivity contribution < 1.29 is 23.8 Å². The van der Waals surface area contributed by atoms with Crippen LogP contribution in [0.1, 0.15) is 39.0 Å². The van der Waals surface area contributed by atoms with E-state index in [1.54, 1.807) is 51.3 Å². The number of aromatic hydroxyl groups is 1. The third-order valence-corrected chi connectivity index (χ3v) is 5.48. The van der Waals surface area contributed by atoms with Crippen LogP contribution in [0.2, 0.25) is 0 Å². The minimum absolute atomic E-state index is 0.0890. The first-order valence-electron chi connectivity index (χ1n) is 10.3. The van der Waals surface area contributed by atoms with E-state index in [0.29, 0.717) is 45.6 Å². The molecule has 2 heterocycles. The molecule has 0 amide bonds. The maximum atomic E-state index is 13.5. The summed E-state index contributed by atoms with van der Waals surface area (Å²) >= 11 is 0. The second kappa shape index (κ2) is 7.88. The third-order valence-electron chi connectivity index (χ3n) is 5.48. The van der Waals surface area contributed by atoms with Crippen LogP contribution in [-0.2, 0) is 12.0 Å². The van der Waals surface area contributed by atoms with Crippen LogP contribution in [0.25, 0.3) is 33.1 Å². The summed E-state index contributed by atoms with van der Waals surface area (Å²) in [6.45, 7) is 7.15. The molecule has 0 radical (unpaired) electrons. The molecule has 32 heavy (non-hydrogen) atoms. The van der Waals surface area contributed by atoms with Gasteiger partial charge in [-0.15, -0.1) is 0 Å². The maximum Gasteiger partial charge on any atom is 0.204 e. The number of allylic oxidation sites excluding steroid dienone is 2. The molecule has 4 aromatic rings. The summed E-state index contributed by atoms with van der Waals surface area (Å²) in [5, 5.41) is 22.0. The van der Waals surface area contributed by atoms with Gasteiger partial charge in [0.2, 0.25) is 5.43 Å². The molecular formula is C26H26O6. The normalized spacial score (nSPS) is 11.8. The maximum absolute atomic E-state index is 13.5. The van der Waals surface area contributed by atoms with E-state index < -0.39 is 5.60 Å². The largest absolute Gasteiger partial charge is 0.506 e. The predicted molar refractivity (Wildman–Crippen MR) is 124 cm³/mol. The van der Waals surface area contributed by atoms with Crippen LogP contribution in [0.4, 0.5) is 0 Å². The summed E-state index contributed by atoms with van der Waals surface area (Å²) in [6.07, 6.45) is 3.85. The number of ether oxygens (including phenoxy) is 1. The summed E-state index contributed by atoms with van der Waals surface area (Å²) in [7, 11) is 1.57. The Labute approximate surface area is 185 Å². The number of fused-ring (bicyclic) bond motifs is 2. The quantitative estimate of drug-likeness (QED) is 0.394. The van der Waals surface area contributed by atoms with Gasteiger partial charge >= 0.3 is 0 Å². The molecule has 2 N–H and O–H groups in total. The number of phenols is 1. The number of hydrogen-bond acceptors (Lipinski definition) is 6. The van der Waals surface area contributed by atoms with Crippen molar-refractivity contribution in [2.75, 3.05) is 7.11 Å². The second-order valence-electron chi connectivity index (χ2n) is 8.64. The molecule has 0 bridgehead atoms. The van der Waals surface area contributed by atoms with Crippen LogP contribution in [0.3, 0.4) is 0 Å². The minimum atomic E-state index is -1.25. The van der Waals surface area contributed by atoms with Crippen LogP contribution in [0, 0.1) is 0 Å². The van der Waals surface area contributed by atoms with Gasteiger partial charge in [0.1, 0.15) is 45.7 Å². The van der Waals surface area contributed by atoms with E-state index >= 15 is 0 Å². The van der Waals surface area contributed by atoms with Gasteiger partial charge in [0.25, 0.3) is 0 Å². The van der Waals surface area contributed by atoms with Crippen molar-refractivity contribution >= 4 is 21.9 Å². The van der Waals surface area contributed by atoms with Crippen molar-refractivity contribution in [2.24, 2.45) is 0 Å². The highest BCUT2D eigenvalue weighted by Crippen LogP contribution is 2.41. The molecule has 0 aliphatic heterocycles. The molecule has 0 atom stereocenters. The molecule has 6 nitrogen and oxygen atoms in total. The number of hydrogen-bond donors (Lipinski definition) is 2. The van der Waals surface area contributed by atoms with Crippen LogP contribution in [-0.4, -0.2) is 17.3 Å². The fraction of sp³-hybridized carbons (Fsp3) is 0.269. The van der Waals surface area contributed by atoms with Crippen LogP contribution in [0.15, 0.2) is 61.9 Å². The highest BCUT2D eigenvalue weighted by atomic mass is 16.5. The first-order chi connectivity index (χ1) is 15.1. The van der Waals surface area contributed by atoms with Gasteiger partial charge in [-0.3, -0.25) is 4.79 Å². The zero-order valence-electron chi connectivity index (χ0n) is 18.8. The minimum Gasteiger partial charge on any atom is -0.506 e. The van der Waals surface area contributed by atoms with E-state index in [0.717, 1.165) is 5.57 Å². The van der Waals surface area contributed by atoms with E-state index in [9.17, 15) is 15.0 Å². The fourth-order valence-electron chi connectivity index (χ4n) is 3.70. The van der Waals surface area contributed by atoms with Gasteiger partial charge in [0.15, 0.2) is 0 Å². The van der Waals surface area contributed by atoms with Crippen LogP contribution >= 0.6 is 0 Å². The lowest BCUT2D eigenvalue weighted by atomic mass is 9.99. The molecular weight excluding hydrogens is 408 g/mol. The number of phenolic OH excluding ortho intramolecular Hbond substituents is 1. The van der Waals surface area contributed by atoms with E-state index in [2.05, 4.69) is 0 Å². The van der Waals surface area contributed by atoms with Crippen molar-refractivity contribution in [3.05, 3.63) is 69.8 Å². The third kappa shape index (κ3) is 3.67. The molecule has 2 aromatic carbocycles. The SMILES string of the molecule is COc1ccc(-c2coc3c(CC=C(C)C)c4oc(C(C)(C)O)cc4c(O)c3c2=O)cc1. The molecule has 2 aromatic heterocycles. The van der Waals surface area contributed by atoms with Crippen molar-refractivity contribution in [1.82, 2.24) is 0 Å². The standard InChI is InChI=1S/C26H26O6/c1-14(2)6-11-17-24-18(12-20(32-24)26(3,4)29)22(27)21-23(28)19(13-31-25(17)21)15-7-9-16(30-5)10-8-15/h6-10,12-13,27,29H,11H2,1-5H3. The number of furan rings is 1. The van der Waals surface area contributed by atoms with Crippen LogP contribution < -0.4 is 10.2 Å². The first-order valence-corrected chi connectivity index (χ1v) is 10.3. The molecule has 166 valence electrons. The lowest BCUT2D eigenvalue weighted by Crippen LogP contribution is -2.13. The Morgan fingerprint density at radius 1 is 1.16 bits per heavy atom. The Morgan fingerprint density at radius 2 is 1.84 bits per heavy atom. The van der Waals surface area contributed by atoms with Gasteiger partial charge < -0.3 is 23.8 Å². The smallest absolute Gasteiger partial charge is 0.204 e. The van der Waals surface area contributed by atoms with Gasteiger partial charge in [-0.05, 0) is 57.9 Å². The topological polar surface area (TPSA) is 93.0 Å². The summed E-state index contributed by atoms with van der Waals surface area (Å²) in [5.74, 6) is 0.740. The summed E-state index contributed by atoms with van der Waals surface area (Å²) < 4.78 is 17.1. The average molecular weight is 434 g/mol. The summed E-state index contributed by atoms with van der Waals surface area (Å²) in [4.78, 5) is 13.5. The molecule has 0 spiro atoms. The zero-order valence-corrected chi connectivity index (χ0v) is 18.8. The monoisotopic (exact) mass is 434 g/mol. The van der Waals surface area contributed by atoms with E-state index in [1.807, 2.05) is 19.9 Å².